The molecule has 2 heterocycles. The second-order valence-electron chi connectivity index (χ2n) is 14.4. The number of carbonyl (C=O) groups excluding carboxylic acids is 6. The lowest BCUT2D eigenvalue weighted by molar-refractivity contribution is -0.162. The van der Waals surface area contributed by atoms with Gasteiger partial charge in [0.25, 0.3) is 5.91 Å². The van der Waals surface area contributed by atoms with Crippen LogP contribution in [-0.4, -0.2) is 108 Å². The number of nitrogens with one attached hydrogen (secondary N) is 2. The van der Waals surface area contributed by atoms with Gasteiger partial charge in [-0.05, 0) is 42.1 Å². The van der Waals surface area contributed by atoms with Crippen LogP contribution in [0.1, 0.15) is 73.3 Å². The summed E-state index contributed by atoms with van der Waals surface area (Å²) in [5.74, 6) is -3.75. The Bertz CT molecular complexity index is 1320. The van der Waals surface area contributed by atoms with E-state index in [1.807, 2.05) is 78.8 Å². The molecule has 0 spiro atoms. The summed E-state index contributed by atoms with van der Waals surface area (Å²) in [6.45, 7) is 13.2. The summed E-state index contributed by atoms with van der Waals surface area (Å²) < 4.78 is 5.70. The van der Waals surface area contributed by atoms with Gasteiger partial charge in [-0.2, -0.15) is 0 Å². The van der Waals surface area contributed by atoms with Crippen LogP contribution in [0.2, 0.25) is 0 Å². The van der Waals surface area contributed by atoms with Gasteiger partial charge in [0.05, 0.1) is 6.42 Å². The number of hydrogen-bond acceptors (Lipinski definition) is 7. The summed E-state index contributed by atoms with van der Waals surface area (Å²) in [7, 11) is 3.09. The molecule has 0 aromatic heterocycles. The van der Waals surface area contributed by atoms with Gasteiger partial charge in [0.15, 0.2) is 6.10 Å². The van der Waals surface area contributed by atoms with Crippen molar-refractivity contribution in [3.63, 3.8) is 0 Å². The Labute approximate surface area is 285 Å². The lowest BCUT2D eigenvalue weighted by Crippen LogP contribution is -2.61. The van der Waals surface area contributed by atoms with Crippen LogP contribution < -0.4 is 10.6 Å². The SMILES string of the molecule is CC(C)C[C@@H]1OC(=O)CCNC(=O)[C@H](C(C)C)N(C)C(=O)[C@H](C(C)C)N(C)C(=O)[C@H](Cc2ccccc2)NC(=O)[C@@H]2[C@@H](C)CCN2C1=O. The molecule has 2 aliphatic heterocycles. The minimum Gasteiger partial charge on any atom is -0.452 e. The van der Waals surface area contributed by atoms with Gasteiger partial charge in [-0.1, -0.05) is 78.8 Å². The van der Waals surface area contributed by atoms with E-state index in [-0.39, 0.29) is 49.5 Å². The van der Waals surface area contributed by atoms with Gasteiger partial charge in [-0.25, -0.2) is 0 Å². The van der Waals surface area contributed by atoms with Crippen molar-refractivity contribution < 1.29 is 33.5 Å². The molecule has 266 valence electrons. The number of likely N-dealkylation sites (N-methyl/N-ethyl adjacent to an activating group) is 2. The third kappa shape index (κ3) is 9.35. The van der Waals surface area contributed by atoms with Gasteiger partial charge in [-0.3, -0.25) is 28.8 Å². The van der Waals surface area contributed by atoms with Crippen LogP contribution in [0.4, 0.5) is 0 Å². The molecule has 0 aliphatic carbocycles. The predicted octanol–water partition coefficient (Wildman–Crippen LogP) is 2.39. The monoisotopic (exact) mass is 669 g/mol. The fourth-order valence-corrected chi connectivity index (χ4v) is 6.88. The number of amides is 5. The Morgan fingerprint density at radius 1 is 0.812 bits per heavy atom. The number of rotatable bonds is 6. The van der Waals surface area contributed by atoms with E-state index in [4.69, 9.17) is 4.74 Å². The Hall–Kier alpha value is -3.96. The first-order valence-corrected chi connectivity index (χ1v) is 17.2. The maximum Gasteiger partial charge on any atom is 0.308 e. The number of cyclic esters (lactones) is 1. The van der Waals surface area contributed by atoms with Gasteiger partial charge in [0.2, 0.25) is 23.6 Å². The Kier molecular flexibility index (Phi) is 13.6. The number of nitrogens with zero attached hydrogens (tertiary/aromatic N) is 3. The first-order valence-electron chi connectivity index (χ1n) is 17.2. The van der Waals surface area contributed by atoms with Gasteiger partial charge < -0.3 is 30.1 Å². The second kappa shape index (κ2) is 16.9. The van der Waals surface area contributed by atoms with E-state index >= 15 is 0 Å². The summed E-state index contributed by atoms with van der Waals surface area (Å²) >= 11 is 0. The third-order valence-corrected chi connectivity index (χ3v) is 9.33. The van der Waals surface area contributed by atoms with Gasteiger partial charge in [0, 0.05) is 33.6 Å². The van der Waals surface area contributed by atoms with Crippen molar-refractivity contribution in [1.29, 1.82) is 0 Å². The van der Waals surface area contributed by atoms with Crippen LogP contribution >= 0.6 is 0 Å². The van der Waals surface area contributed by atoms with Crippen LogP contribution in [0.3, 0.4) is 0 Å². The molecule has 12 nitrogen and oxygen atoms in total. The zero-order chi connectivity index (χ0) is 35.9. The van der Waals surface area contributed by atoms with Crippen LogP contribution in [0.25, 0.3) is 0 Å². The van der Waals surface area contributed by atoms with E-state index in [1.165, 1.54) is 14.7 Å². The van der Waals surface area contributed by atoms with Crippen LogP contribution in [0.15, 0.2) is 30.3 Å². The highest BCUT2D eigenvalue weighted by Crippen LogP contribution is 2.27. The Morgan fingerprint density at radius 2 is 1.42 bits per heavy atom. The molecule has 12 heteroatoms. The smallest absolute Gasteiger partial charge is 0.308 e. The number of benzene rings is 1. The maximum absolute atomic E-state index is 14.4. The molecule has 0 unspecified atom stereocenters. The lowest BCUT2D eigenvalue weighted by atomic mass is 9.95. The number of carbonyl (C=O) groups is 6. The van der Waals surface area contributed by atoms with Gasteiger partial charge in [-0.15, -0.1) is 0 Å². The molecule has 2 saturated heterocycles. The van der Waals surface area contributed by atoms with E-state index < -0.39 is 65.8 Å². The van der Waals surface area contributed by atoms with Crippen LogP contribution in [0.5, 0.6) is 0 Å². The lowest BCUT2D eigenvalue weighted by Gasteiger charge is -2.38. The van der Waals surface area contributed by atoms with E-state index in [0.29, 0.717) is 13.0 Å². The minimum atomic E-state index is -1.11. The molecule has 6 atom stereocenters. The van der Waals surface area contributed by atoms with Crippen molar-refractivity contribution in [1.82, 2.24) is 25.3 Å². The van der Waals surface area contributed by atoms with E-state index in [1.54, 1.807) is 14.1 Å². The molecule has 3 rings (SSSR count). The standard InChI is InChI=1S/C36H55N5O7/c1-21(2)19-27-35(46)41-18-16-24(7)31(41)33(44)38-26(20-25-13-11-10-12-14-25)34(45)40(9)30(23(5)6)36(47)39(8)29(22(3)4)32(43)37-17-15-28(42)48-27/h10-14,21-24,26-27,29-31H,15-20H2,1-9H3,(H,37,43)(H,38,44)/t24-,26-,27-,29-,30-,31-/m0/s1. The topological polar surface area (TPSA) is 145 Å². The first kappa shape index (κ1) is 38.5. The van der Waals surface area contributed by atoms with Crippen LogP contribution in [-0.2, 0) is 39.9 Å². The van der Waals surface area contributed by atoms with Crippen molar-refractivity contribution in [3.05, 3.63) is 35.9 Å². The minimum absolute atomic E-state index is 0.0116. The molecular weight excluding hydrogens is 614 g/mol. The van der Waals surface area contributed by atoms with Gasteiger partial charge >= 0.3 is 5.97 Å². The molecule has 48 heavy (non-hydrogen) atoms. The molecular formula is C36H55N5O7. The van der Waals surface area contributed by atoms with Crippen molar-refractivity contribution in [3.8, 4) is 0 Å². The Morgan fingerprint density at radius 3 is 2.00 bits per heavy atom. The zero-order valence-electron chi connectivity index (χ0n) is 30.0. The largest absolute Gasteiger partial charge is 0.452 e. The zero-order valence-corrected chi connectivity index (χ0v) is 30.0. The molecule has 0 bridgehead atoms. The molecule has 2 N–H and O–H groups in total. The van der Waals surface area contributed by atoms with Crippen molar-refractivity contribution in [2.75, 3.05) is 27.2 Å². The van der Waals surface area contributed by atoms with E-state index in [9.17, 15) is 28.8 Å². The van der Waals surface area contributed by atoms with Crippen LogP contribution in [0, 0.1) is 23.7 Å². The normalized spacial score (nSPS) is 27.5. The molecule has 1 aromatic rings. The number of esters is 1. The summed E-state index contributed by atoms with van der Waals surface area (Å²) in [6.07, 6.45) is -0.312. The maximum atomic E-state index is 14.4. The van der Waals surface area contributed by atoms with E-state index in [2.05, 4.69) is 10.6 Å². The molecule has 0 saturated carbocycles. The van der Waals surface area contributed by atoms with E-state index in [0.717, 1.165) is 5.56 Å². The summed E-state index contributed by atoms with van der Waals surface area (Å²) in [5.41, 5.74) is 0.806. The Balaban J connectivity index is 2.11. The highest BCUT2D eigenvalue weighted by Gasteiger charge is 2.45. The third-order valence-electron chi connectivity index (χ3n) is 9.33. The highest BCUT2D eigenvalue weighted by molar-refractivity contribution is 5.96. The number of fused-ring (bicyclic) bond motifs is 1. The second-order valence-corrected chi connectivity index (χ2v) is 14.4. The number of ether oxygens (including phenoxy) is 1. The van der Waals surface area contributed by atoms with Crippen molar-refractivity contribution in [2.24, 2.45) is 23.7 Å². The summed E-state index contributed by atoms with van der Waals surface area (Å²) in [4.78, 5) is 87.2. The molecule has 5 amide bonds. The average molecular weight is 670 g/mol. The first-order chi connectivity index (χ1) is 22.5. The fraction of sp³-hybridized carbons (Fsp3) is 0.667. The summed E-state index contributed by atoms with van der Waals surface area (Å²) in [6, 6.07) is 5.50. The molecule has 2 aliphatic rings. The summed E-state index contributed by atoms with van der Waals surface area (Å²) in [5, 5.41) is 5.70. The molecule has 1 aromatic carbocycles. The number of hydrogen-bond donors (Lipinski definition) is 2. The quantitative estimate of drug-likeness (QED) is 0.443. The van der Waals surface area contributed by atoms with Crippen molar-refractivity contribution in [2.45, 2.75) is 104 Å². The van der Waals surface area contributed by atoms with Gasteiger partial charge in [0.1, 0.15) is 24.2 Å². The average Bonchev–Trinajstić information content (AvgIpc) is 3.40. The predicted molar refractivity (Wildman–Crippen MR) is 181 cm³/mol. The molecule has 0 radical (unpaired) electrons. The highest BCUT2D eigenvalue weighted by atomic mass is 16.5. The molecule has 2 fully saturated rings. The fourth-order valence-electron chi connectivity index (χ4n) is 6.88. The van der Waals surface area contributed by atoms with Crippen molar-refractivity contribution >= 4 is 35.5 Å².